The van der Waals surface area contributed by atoms with Gasteiger partial charge in [0.1, 0.15) is 10.5 Å². The highest BCUT2D eigenvalue weighted by atomic mass is 32.2. The van der Waals surface area contributed by atoms with Crippen molar-refractivity contribution in [1.82, 2.24) is 4.90 Å². The molecule has 0 amide bonds. The number of nitrogens with zero attached hydrogens (tertiary/aromatic N) is 1. The first-order valence-electron chi connectivity index (χ1n) is 9.09. The number of benzene rings is 1. The van der Waals surface area contributed by atoms with Gasteiger partial charge in [-0.2, -0.15) is 0 Å². The van der Waals surface area contributed by atoms with E-state index in [9.17, 15) is 8.42 Å². The molecule has 2 heterocycles. The summed E-state index contributed by atoms with van der Waals surface area (Å²) >= 11 is 0. The molecule has 0 N–H and O–H groups in total. The zero-order chi connectivity index (χ0) is 18.1. The Kier molecular flexibility index (Phi) is 5.42. The van der Waals surface area contributed by atoms with Crippen LogP contribution in [0.4, 0.5) is 0 Å². The van der Waals surface area contributed by atoms with Crippen LogP contribution in [0.5, 0.6) is 5.75 Å². The van der Waals surface area contributed by atoms with Crippen molar-refractivity contribution in [3.63, 3.8) is 0 Å². The third-order valence-electron chi connectivity index (χ3n) is 5.61. The molecule has 1 aromatic rings. The predicted octanol–water partition coefficient (Wildman–Crippen LogP) is 2.31. The molecular weight excluding hydrogens is 338 g/mol. The average molecular weight is 368 g/mol. The first-order chi connectivity index (χ1) is 11.9. The lowest BCUT2D eigenvalue weighted by Gasteiger charge is -2.39. The fourth-order valence-corrected chi connectivity index (χ4v) is 4.96. The summed E-state index contributed by atoms with van der Waals surface area (Å²) in [4.78, 5) is 2.51. The first-order valence-corrected chi connectivity index (χ1v) is 11.0. The van der Waals surface area contributed by atoms with Crippen LogP contribution in [0.2, 0.25) is 0 Å². The molecule has 2 saturated heterocycles. The summed E-state index contributed by atoms with van der Waals surface area (Å²) in [6, 6.07) is 7.48. The summed E-state index contributed by atoms with van der Waals surface area (Å²) in [5.41, 5.74) is 0.789. The zero-order valence-corrected chi connectivity index (χ0v) is 16.2. The molecule has 25 heavy (non-hydrogen) atoms. The van der Waals surface area contributed by atoms with Gasteiger partial charge in [-0.15, -0.1) is 0 Å². The van der Waals surface area contributed by atoms with E-state index in [-0.39, 0.29) is 13.2 Å². The van der Waals surface area contributed by atoms with E-state index in [4.69, 9.17) is 9.47 Å². The minimum absolute atomic E-state index is 0.235. The van der Waals surface area contributed by atoms with Gasteiger partial charge in [-0.1, -0.05) is 26.0 Å². The third-order valence-corrected chi connectivity index (χ3v) is 7.50. The fourth-order valence-electron chi connectivity index (χ4n) is 3.80. The quantitative estimate of drug-likeness (QED) is 0.740. The molecule has 0 aliphatic carbocycles. The highest BCUT2D eigenvalue weighted by Gasteiger charge is 2.49. The molecule has 2 aliphatic heterocycles. The van der Waals surface area contributed by atoms with Gasteiger partial charge in [0.15, 0.2) is 9.84 Å². The van der Waals surface area contributed by atoms with Crippen LogP contribution in [-0.2, 0) is 19.3 Å². The molecule has 3 rings (SSSR count). The van der Waals surface area contributed by atoms with Gasteiger partial charge in [-0.05, 0) is 36.6 Å². The lowest BCUT2D eigenvalue weighted by atomic mass is 9.96. The van der Waals surface area contributed by atoms with Gasteiger partial charge in [0.25, 0.3) is 0 Å². The Hall–Kier alpha value is -1.11. The molecule has 0 bridgehead atoms. The van der Waals surface area contributed by atoms with Gasteiger partial charge >= 0.3 is 0 Å². The molecule has 2 unspecified atom stereocenters. The Labute approximate surface area is 151 Å². The van der Waals surface area contributed by atoms with Crippen LogP contribution in [-0.4, -0.2) is 59.0 Å². The largest absolute Gasteiger partial charge is 0.493 e. The number of sulfone groups is 1. The molecule has 0 radical (unpaired) electrons. The monoisotopic (exact) mass is 367 g/mol. The van der Waals surface area contributed by atoms with Crippen LogP contribution >= 0.6 is 0 Å². The summed E-state index contributed by atoms with van der Waals surface area (Å²) in [5.74, 6) is 1.99. The maximum atomic E-state index is 12.1. The van der Waals surface area contributed by atoms with Gasteiger partial charge in [-0.3, -0.25) is 0 Å². The molecule has 2 atom stereocenters. The second kappa shape index (κ2) is 7.25. The molecular formula is C19H29NO4S. The van der Waals surface area contributed by atoms with E-state index in [1.807, 2.05) is 24.3 Å². The fraction of sp³-hybridized carbons (Fsp3) is 0.684. The predicted molar refractivity (Wildman–Crippen MR) is 98.7 cm³/mol. The molecule has 140 valence electrons. The van der Waals surface area contributed by atoms with Gasteiger partial charge in [0, 0.05) is 25.3 Å². The van der Waals surface area contributed by atoms with Crippen molar-refractivity contribution >= 4 is 9.84 Å². The van der Waals surface area contributed by atoms with Crippen molar-refractivity contribution < 1.29 is 17.9 Å². The van der Waals surface area contributed by atoms with Gasteiger partial charge in [0.2, 0.25) is 0 Å². The van der Waals surface area contributed by atoms with E-state index in [2.05, 4.69) is 18.7 Å². The van der Waals surface area contributed by atoms with Crippen molar-refractivity contribution in [2.75, 3.05) is 45.7 Å². The van der Waals surface area contributed by atoms with E-state index < -0.39 is 14.6 Å². The second-order valence-electron chi connectivity index (χ2n) is 7.59. The molecule has 0 spiro atoms. The minimum atomic E-state index is -3.21. The van der Waals surface area contributed by atoms with Gasteiger partial charge < -0.3 is 14.4 Å². The molecule has 0 saturated carbocycles. The number of hydrogen-bond donors (Lipinski definition) is 0. The smallest absolute Gasteiger partial charge is 0.161 e. The van der Waals surface area contributed by atoms with Gasteiger partial charge in [0.05, 0.1) is 19.8 Å². The number of likely N-dealkylation sites (tertiary alicyclic amines) is 1. The summed E-state index contributed by atoms with van der Waals surface area (Å²) in [5, 5.41) is 0. The Morgan fingerprint density at radius 1 is 1.24 bits per heavy atom. The zero-order valence-electron chi connectivity index (χ0n) is 15.4. The normalized spacial score (nSPS) is 26.4. The maximum absolute atomic E-state index is 12.1. The summed E-state index contributed by atoms with van der Waals surface area (Å²) in [7, 11) is -3.21. The van der Waals surface area contributed by atoms with Gasteiger partial charge in [-0.25, -0.2) is 8.42 Å². The third kappa shape index (κ3) is 3.71. The topological polar surface area (TPSA) is 55.8 Å². The van der Waals surface area contributed by atoms with E-state index in [1.165, 1.54) is 12.7 Å². The summed E-state index contributed by atoms with van der Waals surface area (Å²) in [6.07, 6.45) is 2.47. The molecule has 6 heteroatoms. The molecule has 0 aromatic heterocycles. The Bertz CT molecular complexity index is 682. The molecule has 2 aliphatic rings. The van der Waals surface area contributed by atoms with Crippen LogP contribution in [0, 0.1) is 11.8 Å². The van der Waals surface area contributed by atoms with Crippen molar-refractivity contribution in [3.05, 3.63) is 29.8 Å². The average Bonchev–Trinajstić information content (AvgIpc) is 2.84. The standard InChI is InChI=1S/C19H29NO4S/c1-4-9-20-10-15(2)16(11-20)12-24-18-7-5-17(6-8-18)19(13-23-14-19)25(3,21)22/h5-8,15-16H,4,9-14H2,1-3H3. The highest BCUT2D eigenvalue weighted by Crippen LogP contribution is 2.38. The van der Waals surface area contributed by atoms with Crippen LogP contribution in [0.1, 0.15) is 25.8 Å². The lowest BCUT2D eigenvalue weighted by molar-refractivity contribution is -0.0156. The summed E-state index contributed by atoms with van der Waals surface area (Å²) < 4.78 is 34.5. The van der Waals surface area contributed by atoms with Crippen molar-refractivity contribution in [1.29, 1.82) is 0 Å². The second-order valence-corrected chi connectivity index (χ2v) is 9.92. The summed E-state index contributed by atoms with van der Waals surface area (Å²) in [6.45, 7) is 9.09. The number of rotatable bonds is 7. The van der Waals surface area contributed by atoms with E-state index in [0.29, 0.717) is 18.4 Å². The van der Waals surface area contributed by atoms with E-state index >= 15 is 0 Å². The first kappa shape index (κ1) is 18.7. The van der Waals surface area contributed by atoms with E-state index in [0.717, 1.165) is 30.9 Å². The van der Waals surface area contributed by atoms with Crippen LogP contribution in [0.15, 0.2) is 24.3 Å². The number of hydrogen-bond acceptors (Lipinski definition) is 5. The van der Waals surface area contributed by atoms with Crippen LogP contribution in [0.25, 0.3) is 0 Å². The maximum Gasteiger partial charge on any atom is 0.161 e. The molecule has 2 fully saturated rings. The Balaban J connectivity index is 1.60. The molecule has 5 nitrogen and oxygen atoms in total. The minimum Gasteiger partial charge on any atom is -0.493 e. The van der Waals surface area contributed by atoms with Crippen molar-refractivity contribution in [2.24, 2.45) is 11.8 Å². The van der Waals surface area contributed by atoms with Crippen molar-refractivity contribution in [2.45, 2.75) is 25.0 Å². The number of ether oxygens (including phenoxy) is 2. The van der Waals surface area contributed by atoms with Crippen molar-refractivity contribution in [3.8, 4) is 5.75 Å². The molecule has 1 aromatic carbocycles. The Morgan fingerprint density at radius 2 is 1.92 bits per heavy atom. The highest BCUT2D eigenvalue weighted by molar-refractivity contribution is 7.91. The SMILES string of the molecule is CCCN1CC(C)C(COc2ccc(C3(S(C)(=O)=O)COC3)cc2)C1. The van der Waals surface area contributed by atoms with Crippen LogP contribution in [0.3, 0.4) is 0 Å². The van der Waals surface area contributed by atoms with Crippen LogP contribution < -0.4 is 4.74 Å². The van der Waals surface area contributed by atoms with E-state index in [1.54, 1.807) is 0 Å². The lowest BCUT2D eigenvalue weighted by Crippen LogP contribution is -2.52. The Morgan fingerprint density at radius 3 is 2.44 bits per heavy atom.